The molecule has 2 aliphatic carbocycles. The molecule has 126 valence electrons. The number of benzene rings is 1. The summed E-state index contributed by atoms with van der Waals surface area (Å²) in [4.78, 5) is 9.22. The molecule has 0 bridgehead atoms. The van der Waals surface area contributed by atoms with Crippen LogP contribution in [-0.4, -0.2) is 21.3 Å². The van der Waals surface area contributed by atoms with Crippen LogP contribution in [0.2, 0.25) is 0 Å². The number of nitrogens with one attached hydrogen (secondary N) is 1. The number of hydrogen-bond donors (Lipinski definition) is 3. The molecule has 0 spiro atoms. The first kappa shape index (κ1) is 15.6. The van der Waals surface area contributed by atoms with Crippen LogP contribution in [-0.2, 0) is 18.3 Å². The SMILES string of the molecule is Cc1c(F)cccc1[C@@]1(C(N)NO)Cc2cnc(C3CC3)nc2C1. The molecular weight excluding hydrogens is 307 g/mol. The second kappa shape index (κ2) is 5.58. The minimum atomic E-state index is -0.725. The fourth-order valence-corrected chi connectivity index (χ4v) is 3.85. The van der Waals surface area contributed by atoms with Crippen LogP contribution < -0.4 is 11.2 Å². The van der Waals surface area contributed by atoms with Crippen LogP contribution in [0.3, 0.4) is 0 Å². The Balaban J connectivity index is 1.80. The third-order valence-corrected chi connectivity index (χ3v) is 5.44. The molecule has 4 N–H and O–H groups in total. The van der Waals surface area contributed by atoms with Crippen molar-refractivity contribution in [2.24, 2.45) is 5.73 Å². The number of nitrogens with zero attached hydrogens (tertiary/aromatic N) is 2. The van der Waals surface area contributed by atoms with Crippen molar-refractivity contribution in [3.63, 3.8) is 0 Å². The molecule has 0 saturated heterocycles. The number of hydrogen-bond acceptors (Lipinski definition) is 5. The van der Waals surface area contributed by atoms with Gasteiger partial charge in [0.2, 0.25) is 0 Å². The number of rotatable bonds is 4. The van der Waals surface area contributed by atoms with Crippen molar-refractivity contribution >= 4 is 0 Å². The van der Waals surface area contributed by atoms with Crippen molar-refractivity contribution in [3.05, 3.63) is 58.4 Å². The molecule has 2 aliphatic rings. The first-order valence-electron chi connectivity index (χ1n) is 8.30. The summed E-state index contributed by atoms with van der Waals surface area (Å²) >= 11 is 0. The average molecular weight is 328 g/mol. The summed E-state index contributed by atoms with van der Waals surface area (Å²) in [5.74, 6) is 1.11. The molecule has 6 heteroatoms. The predicted molar refractivity (Wildman–Crippen MR) is 87.1 cm³/mol. The van der Waals surface area contributed by atoms with Crippen LogP contribution >= 0.6 is 0 Å². The van der Waals surface area contributed by atoms with Gasteiger partial charge in [-0.2, -0.15) is 5.48 Å². The van der Waals surface area contributed by atoms with E-state index in [-0.39, 0.29) is 5.82 Å². The Kier molecular flexibility index (Phi) is 3.63. The predicted octanol–water partition coefficient (Wildman–Crippen LogP) is 2.10. The maximum absolute atomic E-state index is 14.1. The van der Waals surface area contributed by atoms with Gasteiger partial charge in [-0.05, 0) is 48.9 Å². The quantitative estimate of drug-likeness (QED) is 0.591. The standard InChI is InChI=1S/C18H21FN4O/c1-10-13(3-2-4-14(10)19)18(17(20)23-24)7-12-9-21-16(11-5-6-11)22-15(12)8-18/h2-4,9,11,17,23-24H,5-8,20H2,1H3/t17?,18-/m1/s1. The van der Waals surface area contributed by atoms with Gasteiger partial charge >= 0.3 is 0 Å². The van der Waals surface area contributed by atoms with Crippen LogP contribution in [0.4, 0.5) is 4.39 Å². The maximum Gasteiger partial charge on any atom is 0.131 e. The molecule has 5 nitrogen and oxygen atoms in total. The van der Waals surface area contributed by atoms with E-state index in [4.69, 9.17) is 10.7 Å². The van der Waals surface area contributed by atoms with Crippen LogP contribution in [0.15, 0.2) is 24.4 Å². The van der Waals surface area contributed by atoms with E-state index in [2.05, 4.69) is 10.5 Å². The minimum Gasteiger partial charge on any atom is -0.315 e. The van der Waals surface area contributed by atoms with Crippen LogP contribution in [0.5, 0.6) is 0 Å². The molecule has 1 heterocycles. The Morgan fingerprint density at radius 2 is 2.17 bits per heavy atom. The first-order chi connectivity index (χ1) is 11.5. The molecule has 24 heavy (non-hydrogen) atoms. The van der Waals surface area contributed by atoms with E-state index in [9.17, 15) is 9.60 Å². The summed E-state index contributed by atoms with van der Waals surface area (Å²) in [6, 6.07) is 5.02. The van der Waals surface area contributed by atoms with Gasteiger partial charge in [-0.3, -0.25) is 0 Å². The fourth-order valence-electron chi connectivity index (χ4n) is 3.85. The third kappa shape index (κ3) is 2.33. The van der Waals surface area contributed by atoms with Gasteiger partial charge in [0, 0.05) is 29.6 Å². The summed E-state index contributed by atoms with van der Waals surface area (Å²) in [5.41, 5.74) is 11.1. The highest BCUT2D eigenvalue weighted by atomic mass is 19.1. The number of hydroxylamine groups is 1. The molecule has 1 fully saturated rings. The van der Waals surface area contributed by atoms with Crippen LogP contribution in [0, 0.1) is 12.7 Å². The Morgan fingerprint density at radius 1 is 1.38 bits per heavy atom. The van der Waals surface area contributed by atoms with E-state index in [1.54, 1.807) is 13.0 Å². The lowest BCUT2D eigenvalue weighted by Crippen LogP contribution is -2.54. The van der Waals surface area contributed by atoms with E-state index >= 15 is 0 Å². The highest BCUT2D eigenvalue weighted by molar-refractivity contribution is 5.44. The van der Waals surface area contributed by atoms with Crippen molar-refractivity contribution in [3.8, 4) is 0 Å². The summed E-state index contributed by atoms with van der Waals surface area (Å²) in [6.07, 6.45) is 4.57. The number of nitrogens with two attached hydrogens (primary N) is 1. The maximum atomic E-state index is 14.1. The summed E-state index contributed by atoms with van der Waals surface area (Å²) in [7, 11) is 0. The lowest BCUT2D eigenvalue weighted by Gasteiger charge is -2.35. The Morgan fingerprint density at radius 3 is 2.88 bits per heavy atom. The van der Waals surface area contributed by atoms with E-state index in [1.807, 2.05) is 12.3 Å². The monoisotopic (exact) mass is 328 g/mol. The van der Waals surface area contributed by atoms with Crippen LogP contribution in [0.1, 0.15) is 47.0 Å². The largest absolute Gasteiger partial charge is 0.315 e. The van der Waals surface area contributed by atoms with E-state index in [0.29, 0.717) is 24.3 Å². The van der Waals surface area contributed by atoms with Crippen molar-refractivity contribution in [2.45, 2.75) is 50.1 Å². The van der Waals surface area contributed by atoms with Gasteiger partial charge in [0.1, 0.15) is 11.6 Å². The number of fused-ring (bicyclic) bond motifs is 1. The highest BCUT2D eigenvalue weighted by Crippen LogP contribution is 2.44. The Bertz CT molecular complexity index is 793. The zero-order valence-corrected chi connectivity index (χ0v) is 13.6. The molecule has 1 aromatic carbocycles. The van der Waals surface area contributed by atoms with Crippen molar-refractivity contribution < 1.29 is 9.60 Å². The van der Waals surface area contributed by atoms with Gasteiger partial charge < -0.3 is 10.9 Å². The van der Waals surface area contributed by atoms with Gasteiger partial charge in [-0.25, -0.2) is 14.4 Å². The molecule has 4 rings (SSSR count). The van der Waals surface area contributed by atoms with Gasteiger partial charge in [-0.1, -0.05) is 12.1 Å². The van der Waals surface area contributed by atoms with Crippen molar-refractivity contribution in [2.75, 3.05) is 0 Å². The molecule has 1 saturated carbocycles. The van der Waals surface area contributed by atoms with E-state index in [0.717, 1.165) is 35.5 Å². The van der Waals surface area contributed by atoms with Gasteiger partial charge in [0.05, 0.1) is 6.17 Å². The van der Waals surface area contributed by atoms with Crippen molar-refractivity contribution in [1.29, 1.82) is 0 Å². The smallest absolute Gasteiger partial charge is 0.131 e. The molecule has 0 radical (unpaired) electrons. The summed E-state index contributed by atoms with van der Waals surface area (Å²) < 4.78 is 14.1. The highest BCUT2D eigenvalue weighted by Gasteiger charge is 2.46. The first-order valence-corrected chi connectivity index (χ1v) is 8.30. The Hall–Kier alpha value is -1.89. The lowest BCUT2D eigenvalue weighted by molar-refractivity contribution is 0.0866. The third-order valence-electron chi connectivity index (χ3n) is 5.44. The van der Waals surface area contributed by atoms with E-state index in [1.165, 1.54) is 6.07 Å². The molecule has 2 aromatic rings. The normalized spacial score (nSPS) is 24.0. The molecular formula is C18H21FN4O. The summed E-state index contributed by atoms with van der Waals surface area (Å²) in [6.45, 7) is 1.75. The molecule has 1 unspecified atom stereocenters. The second-order valence-electron chi connectivity index (χ2n) is 7.00. The average Bonchev–Trinajstić information content (AvgIpc) is 3.36. The number of halogens is 1. The zero-order valence-electron chi connectivity index (χ0n) is 13.6. The molecule has 2 atom stereocenters. The molecule has 0 aliphatic heterocycles. The summed E-state index contributed by atoms with van der Waals surface area (Å²) in [5, 5.41) is 9.51. The van der Waals surface area contributed by atoms with Gasteiger partial charge in [0.25, 0.3) is 0 Å². The fraction of sp³-hybridized carbons (Fsp3) is 0.444. The Labute approximate surface area is 140 Å². The lowest BCUT2D eigenvalue weighted by atomic mass is 9.73. The molecule has 1 aromatic heterocycles. The zero-order chi connectivity index (χ0) is 16.9. The number of aromatic nitrogens is 2. The van der Waals surface area contributed by atoms with Gasteiger partial charge in [0.15, 0.2) is 0 Å². The van der Waals surface area contributed by atoms with Gasteiger partial charge in [-0.15, -0.1) is 0 Å². The van der Waals surface area contributed by atoms with Crippen LogP contribution in [0.25, 0.3) is 0 Å². The minimum absolute atomic E-state index is 0.266. The topological polar surface area (TPSA) is 84.1 Å². The van der Waals surface area contributed by atoms with Crippen molar-refractivity contribution in [1.82, 2.24) is 15.4 Å². The molecule has 0 amide bonds. The second-order valence-corrected chi connectivity index (χ2v) is 7.00. The van der Waals surface area contributed by atoms with E-state index < -0.39 is 11.6 Å².